The second kappa shape index (κ2) is 7.09. The van der Waals surface area contributed by atoms with Gasteiger partial charge in [0.15, 0.2) is 0 Å². The van der Waals surface area contributed by atoms with E-state index in [1.54, 1.807) is 0 Å². The van der Waals surface area contributed by atoms with Crippen LogP contribution >= 0.6 is 0 Å². The summed E-state index contributed by atoms with van der Waals surface area (Å²) in [6.45, 7) is 2.85. The van der Waals surface area contributed by atoms with E-state index in [0.29, 0.717) is 12.5 Å². The molecule has 2 amide bonds. The average Bonchev–Trinajstić information content (AvgIpc) is 2.83. The van der Waals surface area contributed by atoms with Crippen molar-refractivity contribution in [2.75, 3.05) is 33.2 Å². The Balaban J connectivity index is 1.73. The summed E-state index contributed by atoms with van der Waals surface area (Å²) in [6, 6.07) is -1.30. The van der Waals surface area contributed by atoms with Crippen LogP contribution in [0, 0.1) is 5.92 Å². The number of β-amino-alcohol motifs (C(OH)–C–C–N with tert-alkyl or cyclic N) is 1. The molecule has 2 rings (SSSR count). The van der Waals surface area contributed by atoms with Crippen LogP contribution in [-0.2, 0) is 4.79 Å². The standard InChI is InChI=1S/C14H25N3O4/c1-16-6-3-10(4-7-16)2-5-15-14(21)17-9-11(18)8-12(17)13(19)20/h10-12,18H,2-9H2,1H3,(H,15,21)(H,19,20)/t11?,12-/m0/s1. The second-order valence-corrected chi connectivity index (χ2v) is 6.16. The smallest absolute Gasteiger partial charge is 0.326 e. The zero-order valence-corrected chi connectivity index (χ0v) is 12.5. The number of nitrogens with zero attached hydrogens (tertiary/aromatic N) is 2. The van der Waals surface area contributed by atoms with Crippen LogP contribution in [0.4, 0.5) is 4.79 Å². The maximum Gasteiger partial charge on any atom is 0.326 e. The number of aliphatic carboxylic acids is 1. The summed E-state index contributed by atoms with van der Waals surface area (Å²) in [5.74, 6) is -0.432. The molecule has 2 aliphatic heterocycles. The topological polar surface area (TPSA) is 93.1 Å². The van der Waals surface area contributed by atoms with Gasteiger partial charge in [-0.3, -0.25) is 0 Å². The maximum atomic E-state index is 12.0. The monoisotopic (exact) mass is 299 g/mol. The van der Waals surface area contributed by atoms with Gasteiger partial charge in [0.05, 0.1) is 6.10 Å². The van der Waals surface area contributed by atoms with Crippen LogP contribution in [0.15, 0.2) is 0 Å². The SMILES string of the molecule is CN1CCC(CCNC(=O)N2CC(O)C[C@H]2C(=O)O)CC1. The van der Waals surface area contributed by atoms with Gasteiger partial charge >= 0.3 is 12.0 Å². The van der Waals surface area contributed by atoms with Crippen molar-refractivity contribution in [1.82, 2.24) is 15.1 Å². The van der Waals surface area contributed by atoms with Crippen molar-refractivity contribution in [1.29, 1.82) is 0 Å². The molecule has 7 heteroatoms. The minimum atomic E-state index is -1.06. The highest BCUT2D eigenvalue weighted by Gasteiger charge is 2.38. The molecule has 21 heavy (non-hydrogen) atoms. The number of hydrogen-bond donors (Lipinski definition) is 3. The third-order valence-electron chi connectivity index (χ3n) is 4.49. The minimum Gasteiger partial charge on any atom is -0.480 e. The Hall–Kier alpha value is -1.34. The van der Waals surface area contributed by atoms with E-state index in [-0.39, 0.29) is 19.0 Å². The van der Waals surface area contributed by atoms with Crippen LogP contribution in [0.25, 0.3) is 0 Å². The van der Waals surface area contributed by atoms with Crippen LogP contribution in [0.1, 0.15) is 25.7 Å². The molecule has 2 fully saturated rings. The fourth-order valence-electron chi connectivity index (χ4n) is 3.11. The Kier molecular flexibility index (Phi) is 5.41. The molecule has 1 unspecified atom stereocenters. The normalized spacial score (nSPS) is 27.8. The van der Waals surface area contributed by atoms with Gasteiger partial charge in [-0.25, -0.2) is 9.59 Å². The molecule has 120 valence electrons. The van der Waals surface area contributed by atoms with Gasteiger partial charge in [-0.1, -0.05) is 0 Å². The van der Waals surface area contributed by atoms with Gasteiger partial charge in [0.1, 0.15) is 6.04 Å². The van der Waals surface area contributed by atoms with E-state index >= 15 is 0 Å². The molecular formula is C14H25N3O4. The number of piperidine rings is 1. The zero-order chi connectivity index (χ0) is 15.4. The number of carbonyl (C=O) groups excluding carboxylic acids is 1. The molecule has 0 aliphatic carbocycles. The van der Waals surface area contributed by atoms with Crippen molar-refractivity contribution in [2.45, 2.75) is 37.8 Å². The molecule has 0 aromatic heterocycles. The van der Waals surface area contributed by atoms with E-state index in [1.165, 1.54) is 4.90 Å². The Labute approximate surface area is 124 Å². The van der Waals surface area contributed by atoms with Crippen LogP contribution in [0.3, 0.4) is 0 Å². The van der Waals surface area contributed by atoms with Crippen LogP contribution in [-0.4, -0.2) is 77.4 Å². The van der Waals surface area contributed by atoms with Crippen LogP contribution in [0.2, 0.25) is 0 Å². The highest BCUT2D eigenvalue weighted by Crippen LogP contribution is 2.20. The fraction of sp³-hybridized carbons (Fsp3) is 0.857. The van der Waals surface area contributed by atoms with Crippen molar-refractivity contribution >= 4 is 12.0 Å². The van der Waals surface area contributed by atoms with Gasteiger partial charge in [0, 0.05) is 19.5 Å². The number of aliphatic hydroxyl groups excluding tert-OH is 1. The van der Waals surface area contributed by atoms with Gasteiger partial charge in [0.2, 0.25) is 0 Å². The number of rotatable bonds is 4. The van der Waals surface area contributed by atoms with Gasteiger partial charge in [-0.05, 0) is 45.3 Å². The summed E-state index contributed by atoms with van der Waals surface area (Å²) >= 11 is 0. The number of carboxylic acids is 1. The molecule has 0 radical (unpaired) electrons. The first-order valence-corrected chi connectivity index (χ1v) is 7.61. The number of likely N-dealkylation sites (tertiary alicyclic amines) is 2. The third-order valence-corrected chi connectivity index (χ3v) is 4.49. The molecule has 0 aromatic carbocycles. The average molecular weight is 299 g/mol. The molecule has 0 bridgehead atoms. The predicted molar refractivity (Wildman–Crippen MR) is 77.0 cm³/mol. The van der Waals surface area contributed by atoms with Gasteiger partial charge in [0.25, 0.3) is 0 Å². The zero-order valence-electron chi connectivity index (χ0n) is 12.5. The van der Waals surface area contributed by atoms with Crippen molar-refractivity contribution in [2.24, 2.45) is 5.92 Å². The van der Waals surface area contributed by atoms with Crippen LogP contribution in [0.5, 0.6) is 0 Å². The summed E-state index contributed by atoms with van der Waals surface area (Å²) in [7, 11) is 2.11. The summed E-state index contributed by atoms with van der Waals surface area (Å²) in [5.41, 5.74) is 0. The van der Waals surface area contributed by atoms with Crippen LogP contribution < -0.4 is 5.32 Å². The first-order chi connectivity index (χ1) is 9.97. The first-order valence-electron chi connectivity index (χ1n) is 7.61. The summed E-state index contributed by atoms with van der Waals surface area (Å²) < 4.78 is 0. The number of hydrogen-bond acceptors (Lipinski definition) is 4. The van der Waals surface area contributed by atoms with Crippen molar-refractivity contribution in [3.8, 4) is 0 Å². The molecular weight excluding hydrogens is 274 g/mol. The number of amides is 2. The Morgan fingerprint density at radius 1 is 1.29 bits per heavy atom. The highest BCUT2D eigenvalue weighted by atomic mass is 16.4. The van der Waals surface area contributed by atoms with Crippen molar-refractivity contribution in [3.05, 3.63) is 0 Å². The number of nitrogens with one attached hydrogen (secondary N) is 1. The molecule has 7 nitrogen and oxygen atoms in total. The lowest BCUT2D eigenvalue weighted by molar-refractivity contribution is -0.141. The number of carbonyl (C=O) groups is 2. The molecule has 3 N–H and O–H groups in total. The minimum absolute atomic E-state index is 0.0943. The van der Waals surface area contributed by atoms with E-state index in [1.807, 2.05) is 0 Å². The molecule has 2 atom stereocenters. The number of carboxylic acid groups (broad SMARTS) is 1. The third kappa shape index (κ3) is 4.31. The number of urea groups is 1. The van der Waals surface area contributed by atoms with E-state index in [9.17, 15) is 14.7 Å². The Morgan fingerprint density at radius 3 is 2.57 bits per heavy atom. The van der Waals surface area contributed by atoms with E-state index in [2.05, 4.69) is 17.3 Å². The molecule has 0 spiro atoms. The van der Waals surface area contributed by atoms with Gasteiger partial charge in [-0.2, -0.15) is 0 Å². The Bertz CT molecular complexity index is 382. The van der Waals surface area contributed by atoms with E-state index in [0.717, 1.165) is 32.4 Å². The maximum absolute atomic E-state index is 12.0. The second-order valence-electron chi connectivity index (χ2n) is 6.16. The van der Waals surface area contributed by atoms with E-state index in [4.69, 9.17) is 5.11 Å². The molecule has 0 aromatic rings. The van der Waals surface area contributed by atoms with Gasteiger partial charge in [-0.15, -0.1) is 0 Å². The summed E-state index contributed by atoms with van der Waals surface area (Å²) in [4.78, 5) is 26.6. The lowest BCUT2D eigenvalue weighted by atomic mass is 9.94. The number of aliphatic hydroxyl groups is 1. The largest absolute Gasteiger partial charge is 0.480 e. The summed E-state index contributed by atoms with van der Waals surface area (Å²) in [6.07, 6.45) is 2.58. The lowest BCUT2D eigenvalue weighted by Gasteiger charge is -2.29. The summed E-state index contributed by atoms with van der Waals surface area (Å²) in [5, 5.41) is 21.4. The van der Waals surface area contributed by atoms with Crippen molar-refractivity contribution in [3.63, 3.8) is 0 Å². The molecule has 2 saturated heterocycles. The quantitative estimate of drug-likeness (QED) is 0.677. The first kappa shape index (κ1) is 16.0. The predicted octanol–water partition coefficient (Wildman–Crippen LogP) is -0.0523. The van der Waals surface area contributed by atoms with Crippen molar-refractivity contribution < 1.29 is 19.8 Å². The Morgan fingerprint density at radius 2 is 1.95 bits per heavy atom. The molecule has 2 aliphatic rings. The lowest BCUT2D eigenvalue weighted by Crippen LogP contribution is -2.46. The molecule has 2 heterocycles. The van der Waals surface area contributed by atoms with E-state index < -0.39 is 18.1 Å². The fourth-order valence-corrected chi connectivity index (χ4v) is 3.11. The highest BCUT2D eigenvalue weighted by molar-refractivity contribution is 5.83. The molecule has 0 saturated carbocycles. The van der Waals surface area contributed by atoms with Gasteiger partial charge < -0.3 is 25.3 Å².